The second-order valence-corrected chi connectivity index (χ2v) is 8.45. The van der Waals surface area contributed by atoms with E-state index in [0.29, 0.717) is 35.9 Å². The van der Waals surface area contributed by atoms with Gasteiger partial charge in [0.25, 0.3) is 0 Å². The van der Waals surface area contributed by atoms with Crippen LogP contribution in [-0.2, 0) is 14.3 Å². The molecule has 0 spiro atoms. The lowest BCUT2D eigenvalue weighted by molar-refractivity contribution is -0.156. The zero-order chi connectivity index (χ0) is 24.8. The topological polar surface area (TPSA) is 106 Å². The number of nitrogens with zero attached hydrogens (tertiary/aromatic N) is 3. The molecule has 0 aliphatic carbocycles. The Balaban J connectivity index is 1.50. The summed E-state index contributed by atoms with van der Waals surface area (Å²) < 4.78 is 10.6. The van der Waals surface area contributed by atoms with Crippen LogP contribution in [0.1, 0.15) is 25.5 Å². The first-order valence-corrected chi connectivity index (χ1v) is 11.5. The normalized spacial score (nSPS) is 17.2. The Hall–Kier alpha value is -3.98. The third-order valence-electron chi connectivity index (χ3n) is 5.70. The van der Waals surface area contributed by atoms with Crippen molar-refractivity contribution in [1.29, 1.82) is 0 Å². The summed E-state index contributed by atoms with van der Waals surface area (Å²) in [7, 11) is 1.54. The van der Waals surface area contributed by atoms with Gasteiger partial charge in [-0.05, 0) is 25.5 Å². The fourth-order valence-corrected chi connectivity index (χ4v) is 4.03. The summed E-state index contributed by atoms with van der Waals surface area (Å²) in [6.45, 7) is 5.23. The molecule has 9 heteroatoms. The molecular formula is C26H29N5O4. The van der Waals surface area contributed by atoms with Gasteiger partial charge in [-0.2, -0.15) is 0 Å². The minimum absolute atomic E-state index is 0.0205. The number of anilines is 2. The molecule has 2 heterocycles. The van der Waals surface area contributed by atoms with Gasteiger partial charge in [0, 0.05) is 36.7 Å². The quantitative estimate of drug-likeness (QED) is 0.376. The molecule has 4 rings (SSSR count). The Kier molecular flexibility index (Phi) is 7.57. The maximum absolute atomic E-state index is 12.6. The van der Waals surface area contributed by atoms with Crippen molar-refractivity contribution in [2.45, 2.75) is 26.0 Å². The monoisotopic (exact) mass is 475 g/mol. The highest BCUT2D eigenvalue weighted by atomic mass is 16.5. The van der Waals surface area contributed by atoms with E-state index in [2.05, 4.69) is 39.7 Å². The number of hydrogen-bond acceptors (Lipinski definition) is 8. The number of morpholine rings is 1. The maximum Gasteiger partial charge on any atom is 0.320 e. The Morgan fingerprint density at radius 1 is 1.29 bits per heavy atom. The molecule has 2 atom stereocenters. The number of carbonyl (C=O) groups is 2. The number of esters is 1. The van der Waals surface area contributed by atoms with Crippen LogP contribution in [0.3, 0.4) is 0 Å². The van der Waals surface area contributed by atoms with E-state index < -0.39 is 0 Å². The van der Waals surface area contributed by atoms with Crippen LogP contribution in [0, 0.1) is 0 Å². The third kappa shape index (κ3) is 6.13. The van der Waals surface area contributed by atoms with E-state index in [1.807, 2.05) is 36.1 Å². The van der Waals surface area contributed by atoms with Gasteiger partial charge in [-0.1, -0.05) is 36.4 Å². The van der Waals surface area contributed by atoms with E-state index in [1.54, 1.807) is 19.3 Å². The van der Waals surface area contributed by atoms with E-state index in [1.165, 1.54) is 12.4 Å². The van der Waals surface area contributed by atoms with Gasteiger partial charge >= 0.3 is 5.97 Å². The molecular weight excluding hydrogens is 446 g/mol. The molecule has 1 amide bonds. The Bertz CT molecular complexity index is 1230. The van der Waals surface area contributed by atoms with E-state index in [9.17, 15) is 9.59 Å². The molecule has 9 nitrogen and oxygen atoms in total. The highest BCUT2D eigenvalue weighted by Gasteiger charge is 2.22. The van der Waals surface area contributed by atoms with Crippen LogP contribution in [0.2, 0.25) is 0 Å². The average Bonchev–Trinajstić information content (AvgIpc) is 2.84. The van der Waals surface area contributed by atoms with Crippen LogP contribution in [-0.4, -0.2) is 59.6 Å². The van der Waals surface area contributed by atoms with Gasteiger partial charge in [0.2, 0.25) is 5.91 Å². The first-order valence-electron chi connectivity index (χ1n) is 11.5. The number of methoxy groups -OCH3 is 1. The summed E-state index contributed by atoms with van der Waals surface area (Å²) >= 11 is 0. The number of aromatic nitrogens is 2. The number of benzene rings is 2. The number of fused-ring (bicyclic) bond motifs is 1. The SMILES string of the molecule is COc1cc2ncnc(NC(C)c3ccccc3)c2cc1NC(=O)C=CCN1CC(=O)OC(C)C1. The molecule has 35 heavy (non-hydrogen) atoms. The van der Waals surface area contributed by atoms with Crippen molar-refractivity contribution < 1.29 is 19.1 Å². The van der Waals surface area contributed by atoms with Gasteiger partial charge in [-0.3, -0.25) is 14.5 Å². The van der Waals surface area contributed by atoms with Gasteiger partial charge < -0.3 is 20.1 Å². The number of cyclic esters (lactones) is 1. The summed E-state index contributed by atoms with van der Waals surface area (Å²) in [5, 5.41) is 7.07. The molecule has 1 fully saturated rings. The van der Waals surface area contributed by atoms with Crippen molar-refractivity contribution in [3.63, 3.8) is 0 Å². The predicted molar refractivity (Wildman–Crippen MR) is 134 cm³/mol. The molecule has 1 aliphatic heterocycles. The molecule has 0 bridgehead atoms. The molecule has 2 unspecified atom stereocenters. The highest BCUT2D eigenvalue weighted by Crippen LogP contribution is 2.33. The van der Waals surface area contributed by atoms with E-state index in [-0.39, 0.29) is 30.6 Å². The van der Waals surface area contributed by atoms with E-state index in [4.69, 9.17) is 9.47 Å². The minimum atomic E-state index is -0.306. The van der Waals surface area contributed by atoms with Crippen LogP contribution in [0.4, 0.5) is 11.5 Å². The lowest BCUT2D eigenvalue weighted by Crippen LogP contribution is -2.44. The summed E-state index contributed by atoms with van der Waals surface area (Å²) in [5.74, 6) is 0.591. The summed E-state index contributed by atoms with van der Waals surface area (Å²) in [5.41, 5.74) is 2.33. The van der Waals surface area contributed by atoms with Crippen LogP contribution >= 0.6 is 0 Å². The highest BCUT2D eigenvalue weighted by molar-refractivity contribution is 6.03. The number of rotatable bonds is 8. The van der Waals surface area contributed by atoms with Crippen LogP contribution in [0.15, 0.2) is 60.9 Å². The van der Waals surface area contributed by atoms with Crippen LogP contribution < -0.4 is 15.4 Å². The number of hydrogen-bond donors (Lipinski definition) is 2. The van der Waals surface area contributed by atoms with E-state index >= 15 is 0 Å². The predicted octanol–water partition coefficient (Wildman–Crippen LogP) is 3.55. The van der Waals surface area contributed by atoms with Crippen molar-refractivity contribution in [1.82, 2.24) is 14.9 Å². The lowest BCUT2D eigenvalue weighted by Gasteiger charge is -2.29. The molecule has 1 aliphatic rings. The molecule has 0 saturated carbocycles. The third-order valence-corrected chi connectivity index (χ3v) is 5.70. The molecule has 3 aromatic rings. The van der Waals surface area contributed by atoms with Crippen molar-refractivity contribution in [2.24, 2.45) is 0 Å². The van der Waals surface area contributed by atoms with Crippen LogP contribution in [0.25, 0.3) is 10.9 Å². The van der Waals surface area contributed by atoms with E-state index in [0.717, 1.165) is 10.9 Å². The molecule has 1 saturated heterocycles. The second kappa shape index (κ2) is 11.0. The van der Waals surface area contributed by atoms with Crippen molar-refractivity contribution >= 4 is 34.3 Å². The fourth-order valence-electron chi connectivity index (χ4n) is 4.03. The Morgan fingerprint density at radius 3 is 2.83 bits per heavy atom. The summed E-state index contributed by atoms with van der Waals surface area (Å²) in [6, 6.07) is 13.7. The Labute approximate surface area is 204 Å². The van der Waals surface area contributed by atoms with Crippen LogP contribution in [0.5, 0.6) is 5.75 Å². The van der Waals surface area contributed by atoms with Crippen molar-refractivity contribution in [2.75, 3.05) is 37.4 Å². The molecule has 2 aromatic carbocycles. The van der Waals surface area contributed by atoms with Crippen molar-refractivity contribution in [3.05, 3.63) is 66.5 Å². The summed E-state index contributed by atoms with van der Waals surface area (Å²) in [4.78, 5) is 34.9. The van der Waals surface area contributed by atoms with Gasteiger partial charge in [0.05, 0.1) is 24.9 Å². The van der Waals surface area contributed by atoms with Gasteiger partial charge in [0.15, 0.2) is 0 Å². The smallest absolute Gasteiger partial charge is 0.320 e. The first-order chi connectivity index (χ1) is 16.9. The minimum Gasteiger partial charge on any atom is -0.494 e. The molecule has 2 N–H and O–H groups in total. The van der Waals surface area contributed by atoms with Gasteiger partial charge in [0.1, 0.15) is 24.0 Å². The lowest BCUT2D eigenvalue weighted by atomic mass is 10.1. The number of nitrogens with one attached hydrogen (secondary N) is 2. The molecule has 0 radical (unpaired) electrons. The average molecular weight is 476 g/mol. The standard InChI is InChI=1S/C26H29N5O4/c1-17-14-31(15-25(33)35-17)11-7-10-24(32)30-22-12-20-21(13-23(22)34-3)27-16-28-26(20)29-18(2)19-8-5-4-6-9-19/h4-10,12-13,16-18H,11,14-15H2,1-3H3,(H,30,32)(H,27,28,29). The van der Waals surface area contributed by atoms with Crippen molar-refractivity contribution in [3.8, 4) is 5.75 Å². The number of carbonyl (C=O) groups excluding carboxylic acids is 2. The zero-order valence-electron chi connectivity index (χ0n) is 20.0. The van der Waals surface area contributed by atoms with Gasteiger partial charge in [-0.15, -0.1) is 0 Å². The second-order valence-electron chi connectivity index (χ2n) is 8.45. The summed E-state index contributed by atoms with van der Waals surface area (Å²) in [6.07, 6.45) is 4.52. The fraction of sp³-hybridized carbons (Fsp3) is 0.308. The Morgan fingerprint density at radius 2 is 2.09 bits per heavy atom. The maximum atomic E-state index is 12.6. The molecule has 182 valence electrons. The zero-order valence-corrected chi connectivity index (χ0v) is 20.0. The largest absolute Gasteiger partial charge is 0.494 e. The molecule has 1 aromatic heterocycles. The number of ether oxygens (including phenoxy) is 2. The first kappa shape index (κ1) is 24.2. The van der Waals surface area contributed by atoms with Gasteiger partial charge in [-0.25, -0.2) is 9.97 Å². The number of amides is 1.